The zero-order valence-electron chi connectivity index (χ0n) is 14.9. The summed E-state index contributed by atoms with van der Waals surface area (Å²) in [7, 11) is 0. The van der Waals surface area contributed by atoms with Gasteiger partial charge in [-0.3, -0.25) is 9.56 Å². The molecule has 9 heteroatoms. The van der Waals surface area contributed by atoms with Crippen molar-refractivity contribution >= 4 is 29.9 Å². The Balaban J connectivity index is 0.00000225. The molecule has 2 N–H and O–H groups in total. The van der Waals surface area contributed by atoms with Gasteiger partial charge in [0.15, 0.2) is 5.96 Å². The van der Waals surface area contributed by atoms with E-state index in [-0.39, 0.29) is 35.8 Å². The molecule has 1 atom stereocenters. The van der Waals surface area contributed by atoms with Gasteiger partial charge in [-0.15, -0.1) is 24.0 Å². The third-order valence-corrected chi connectivity index (χ3v) is 4.62. The number of fused-ring (bicyclic) bond motifs is 1. The van der Waals surface area contributed by atoms with Crippen LogP contribution in [0.3, 0.4) is 0 Å². The van der Waals surface area contributed by atoms with Crippen molar-refractivity contribution in [3.05, 3.63) is 16.3 Å². The molecule has 0 saturated carbocycles. The lowest BCUT2D eigenvalue weighted by Gasteiger charge is -2.20. The number of rotatable bonds is 5. The number of likely N-dealkylation sites (tertiary alicyclic amines) is 1. The number of aryl methyl sites for hydroxylation is 2. The van der Waals surface area contributed by atoms with Crippen molar-refractivity contribution < 1.29 is 5.11 Å². The first kappa shape index (κ1) is 20.2. The number of hydrogen-bond donors (Lipinski definition) is 2. The number of aliphatic imine (C=N–C) groups is 1. The van der Waals surface area contributed by atoms with E-state index >= 15 is 0 Å². The Bertz CT molecular complexity index is 641. The quantitative estimate of drug-likeness (QED) is 0.286. The lowest BCUT2D eigenvalue weighted by atomic mass is 10.2. The summed E-state index contributed by atoms with van der Waals surface area (Å²) in [5, 5.41) is 17.4. The first-order valence-electron chi connectivity index (χ1n) is 9.07. The fourth-order valence-corrected chi connectivity index (χ4v) is 3.36. The molecule has 0 aliphatic carbocycles. The fourth-order valence-electron chi connectivity index (χ4n) is 3.36. The predicted octanol–water partition coefficient (Wildman–Crippen LogP) is 0.421. The zero-order valence-corrected chi connectivity index (χ0v) is 17.2. The van der Waals surface area contributed by atoms with Gasteiger partial charge in [0.25, 0.3) is 0 Å². The highest BCUT2D eigenvalue weighted by Gasteiger charge is 2.22. The Hall–Kier alpha value is -1.10. The molecule has 2 aliphatic rings. The lowest BCUT2D eigenvalue weighted by Crippen LogP contribution is -2.40. The maximum Gasteiger partial charge on any atom is 0.345 e. The smallest absolute Gasteiger partial charge is 0.345 e. The normalized spacial score (nSPS) is 20.3. The minimum atomic E-state index is -0.260. The Labute approximate surface area is 165 Å². The van der Waals surface area contributed by atoms with Gasteiger partial charge in [0, 0.05) is 45.7 Å². The van der Waals surface area contributed by atoms with Crippen molar-refractivity contribution in [2.24, 2.45) is 4.99 Å². The molecule has 3 rings (SSSR count). The number of aliphatic hydroxyl groups excluding tert-OH is 1. The molecule has 1 saturated heterocycles. The summed E-state index contributed by atoms with van der Waals surface area (Å²) in [6, 6.07) is 0. The van der Waals surface area contributed by atoms with E-state index in [2.05, 4.69) is 20.3 Å². The van der Waals surface area contributed by atoms with E-state index in [1.54, 1.807) is 4.68 Å². The molecule has 25 heavy (non-hydrogen) atoms. The van der Waals surface area contributed by atoms with E-state index in [0.29, 0.717) is 19.6 Å². The molecule has 0 bridgehead atoms. The summed E-state index contributed by atoms with van der Waals surface area (Å²) in [5.74, 6) is 1.78. The highest BCUT2D eigenvalue weighted by Crippen LogP contribution is 2.10. The van der Waals surface area contributed by atoms with Crippen molar-refractivity contribution in [2.75, 3.05) is 26.2 Å². The topological polar surface area (TPSA) is 87.7 Å². The number of β-amino-alcohol motifs (C(OH)–C–C–N with tert-alkyl or cyclic N) is 1. The molecular weight excluding hydrogens is 435 g/mol. The Morgan fingerprint density at radius 3 is 2.92 bits per heavy atom. The van der Waals surface area contributed by atoms with Gasteiger partial charge in [0.2, 0.25) is 0 Å². The van der Waals surface area contributed by atoms with Crippen LogP contribution in [0.1, 0.15) is 38.4 Å². The first-order valence-corrected chi connectivity index (χ1v) is 9.07. The van der Waals surface area contributed by atoms with Crippen LogP contribution >= 0.6 is 24.0 Å². The summed E-state index contributed by atoms with van der Waals surface area (Å²) in [6.07, 6.45) is 4.40. The van der Waals surface area contributed by atoms with E-state index in [0.717, 1.165) is 63.5 Å². The zero-order chi connectivity index (χ0) is 16.9. The maximum absolute atomic E-state index is 12.3. The van der Waals surface area contributed by atoms with Crippen LogP contribution in [0.15, 0.2) is 9.79 Å². The number of guanidine groups is 1. The molecule has 3 heterocycles. The molecule has 0 spiro atoms. The summed E-state index contributed by atoms with van der Waals surface area (Å²) < 4.78 is 3.39. The molecule has 1 aromatic heterocycles. The Morgan fingerprint density at radius 2 is 2.24 bits per heavy atom. The molecule has 0 unspecified atom stereocenters. The van der Waals surface area contributed by atoms with Crippen LogP contribution in [-0.4, -0.2) is 62.6 Å². The second kappa shape index (κ2) is 9.56. The van der Waals surface area contributed by atoms with E-state index in [4.69, 9.17) is 0 Å². The van der Waals surface area contributed by atoms with Gasteiger partial charge in [-0.2, -0.15) is 5.10 Å². The summed E-state index contributed by atoms with van der Waals surface area (Å²) in [6.45, 7) is 6.36. The molecule has 8 nitrogen and oxygen atoms in total. The van der Waals surface area contributed by atoms with Crippen molar-refractivity contribution in [1.82, 2.24) is 24.6 Å². The van der Waals surface area contributed by atoms with Crippen LogP contribution in [0, 0.1) is 0 Å². The van der Waals surface area contributed by atoms with E-state index < -0.39 is 0 Å². The van der Waals surface area contributed by atoms with E-state index in [9.17, 15) is 9.90 Å². The van der Waals surface area contributed by atoms with Crippen LogP contribution in [0.2, 0.25) is 0 Å². The number of aliphatic hydroxyl groups is 1. The largest absolute Gasteiger partial charge is 0.391 e. The third kappa shape index (κ3) is 4.96. The van der Waals surface area contributed by atoms with Crippen molar-refractivity contribution in [2.45, 2.75) is 58.2 Å². The second-order valence-electron chi connectivity index (χ2n) is 6.51. The standard InChI is InChI=1S/C16H28N6O2.HI/c1-2-17-15(20-11-7-13(23)12-20)18-8-5-10-22-16(24)21-9-4-3-6-14(21)19-22;/h13,23H,2-12H2,1H3,(H,17,18);1H/t13-;/m1./s1. The average molecular weight is 464 g/mol. The van der Waals surface area contributed by atoms with Gasteiger partial charge in [0.05, 0.1) is 6.10 Å². The van der Waals surface area contributed by atoms with Crippen molar-refractivity contribution in [1.29, 1.82) is 0 Å². The average Bonchev–Trinajstić information content (AvgIpc) is 3.15. The number of hydrogen-bond acceptors (Lipinski definition) is 4. The minimum Gasteiger partial charge on any atom is -0.391 e. The Morgan fingerprint density at radius 1 is 1.40 bits per heavy atom. The predicted molar refractivity (Wildman–Crippen MR) is 108 cm³/mol. The molecule has 1 aromatic rings. The van der Waals surface area contributed by atoms with E-state index in [1.807, 2.05) is 11.5 Å². The molecule has 142 valence electrons. The molecular formula is C16H29IN6O2. The van der Waals surface area contributed by atoms with Crippen LogP contribution in [0.4, 0.5) is 0 Å². The number of nitrogens with one attached hydrogen (secondary N) is 1. The molecule has 1 fully saturated rings. The van der Waals surface area contributed by atoms with Crippen LogP contribution < -0.4 is 11.0 Å². The number of nitrogens with zero attached hydrogens (tertiary/aromatic N) is 5. The monoisotopic (exact) mass is 464 g/mol. The van der Waals surface area contributed by atoms with Gasteiger partial charge >= 0.3 is 5.69 Å². The minimum absolute atomic E-state index is 0. The van der Waals surface area contributed by atoms with E-state index in [1.165, 1.54) is 0 Å². The maximum atomic E-state index is 12.3. The third-order valence-electron chi connectivity index (χ3n) is 4.62. The van der Waals surface area contributed by atoms with Gasteiger partial charge in [0.1, 0.15) is 5.82 Å². The van der Waals surface area contributed by atoms with Crippen LogP contribution in [-0.2, 0) is 19.5 Å². The SMILES string of the molecule is CCNC(=NCCCn1nc2n(c1=O)CCCC2)N1CC[C@@H](O)C1.I. The molecule has 0 radical (unpaired) electrons. The summed E-state index contributed by atoms with van der Waals surface area (Å²) >= 11 is 0. The van der Waals surface area contributed by atoms with Crippen molar-refractivity contribution in [3.8, 4) is 0 Å². The highest BCUT2D eigenvalue weighted by atomic mass is 127. The van der Waals surface area contributed by atoms with Gasteiger partial charge in [-0.05, 0) is 32.6 Å². The number of aromatic nitrogens is 3. The fraction of sp³-hybridized carbons (Fsp3) is 0.812. The van der Waals surface area contributed by atoms with Gasteiger partial charge < -0.3 is 15.3 Å². The summed E-state index contributed by atoms with van der Waals surface area (Å²) in [4.78, 5) is 19.0. The second-order valence-corrected chi connectivity index (χ2v) is 6.51. The highest BCUT2D eigenvalue weighted by molar-refractivity contribution is 14.0. The summed E-state index contributed by atoms with van der Waals surface area (Å²) in [5.41, 5.74) is 0.0169. The lowest BCUT2D eigenvalue weighted by molar-refractivity contribution is 0.188. The Kier molecular flexibility index (Phi) is 7.73. The molecule has 0 amide bonds. The number of halogens is 1. The molecule has 0 aromatic carbocycles. The van der Waals surface area contributed by atoms with Gasteiger partial charge in [-0.1, -0.05) is 0 Å². The van der Waals surface area contributed by atoms with Crippen LogP contribution in [0.25, 0.3) is 0 Å². The molecule has 2 aliphatic heterocycles. The first-order chi connectivity index (χ1) is 11.7. The van der Waals surface area contributed by atoms with Crippen molar-refractivity contribution in [3.63, 3.8) is 0 Å². The van der Waals surface area contributed by atoms with Crippen LogP contribution in [0.5, 0.6) is 0 Å². The van der Waals surface area contributed by atoms with Gasteiger partial charge in [-0.25, -0.2) is 9.48 Å².